The van der Waals surface area contributed by atoms with Gasteiger partial charge >= 0.3 is 0 Å². The minimum atomic E-state index is -0.0599. The van der Waals surface area contributed by atoms with Crippen LogP contribution in [-0.2, 0) is 6.54 Å². The van der Waals surface area contributed by atoms with Crippen LogP contribution in [0.25, 0.3) is 10.9 Å². The second-order valence-corrected chi connectivity index (χ2v) is 5.00. The number of benzene rings is 2. The van der Waals surface area contributed by atoms with Gasteiger partial charge in [-0.25, -0.2) is 4.98 Å². The Kier molecular flexibility index (Phi) is 3.88. The van der Waals surface area contributed by atoms with E-state index in [0.717, 1.165) is 0 Å². The van der Waals surface area contributed by atoms with Gasteiger partial charge in [0.2, 0.25) is 0 Å². The maximum absolute atomic E-state index is 12.3. The molecule has 2 aromatic carbocycles. The van der Waals surface area contributed by atoms with Crippen LogP contribution in [0.4, 0.5) is 0 Å². The highest BCUT2D eigenvalue weighted by atomic mass is 35.5. The van der Waals surface area contributed by atoms with Crippen molar-refractivity contribution in [1.29, 1.82) is 0 Å². The summed E-state index contributed by atoms with van der Waals surface area (Å²) in [6.45, 7) is 0.809. The topological polar surface area (TPSA) is 44.1 Å². The van der Waals surface area contributed by atoms with E-state index in [1.54, 1.807) is 29.1 Å². The Labute approximate surface area is 126 Å². The van der Waals surface area contributed by atoms with Gasteiger partial charge in [0.15, 0.2) is 0 Å². The third-order valence-corrected chi connectivity index (χ3v) is 3.36. The van der Waals surface area contributed by atoms with Gasteiger partial charge in [0.25, 0.3) is 5.56 Å². The molecule has 0 spiro atoms. The first-order chi connectivity index (χ1) is 10.2. The molecule has 0 N–H and O–H groups in total. The number of ether oxygens (including phenoxy) is 1. The van der Waals surface area contributed by atoms with Crippen molar-refractivity contribution in [3.8, 4) is 5.75 Å². The predicted molar refractivity (Wildman–Crippen MR) is 83.0 cm³/mol. The molecule has 4 nitrogen and oxygen atoms in total. The Balaban J connectivity index is 1.74. The molecule has 0 saturated heterocycles. The lowest BCUT2D eigenvalue weighted by Crippen LogP contribution is -2.23. The van der Waals surface area contributed by atoms with E-state index >= 15 is 0 Å². The fourth-order valence-electron chi connectivity index (χ4n) is 2.08. The van der Waals surface area contributed by atoms with Crippen molar-refractivity contribution in [2.45, 2.75) is 6.54 Å². The van der Waals surface area contributed by atoms with E-state index in [0.29, 0.717) is 34.8 Å². The van der Waals surface area contributed by atoms with Gasteiger partial charge in [-0.2, -0.15) is 0 Å². The summed E-state index contributed by atoms with van der Waals surface area (Å²) in [6.07, 6.45) is 1.55. The van der Waals surface area contributed by atoms with E-state index < -0.39 is 0 Å². The molecular formula is C16H13ClN2O2. The normalized spacial score (nSPS) is 10.7. The SMILES string of the molecule is O=c1c2ccccc2ncn1CCOc1cccc(Cl)c1. The van der Waals surface area contributed by atoms with Crippen LogP contribution in [0.5, 0.6) is 5.75 Å². The molecule has 3 rings (SSSR count). The van der Waals surface area contributed by atoms with E-state index in [4.69, 9.17) is 16.3 Å². The van der Waals surface area contributed by atoms with Gasteiger partial charge in [0.1, 0.15) is 12.4 Å². The first-order valence-corrected chi connectivity index (χ1v) is 6.94. The molecule has 1 heterocycles. The Morgan fingerprint density at radius 3 is 2.86 bits per heavy atom. The van der Waals surface area contributed by atoms with Crippen molar-refractivity contribution in [3.05, 3.63) is 70.2 Å². The Morgan fingerprint density at radius 1 is 1.14 bits per heavy atom. The van der Waals surface area contributed by atoms with E-state index in [1.165, 1.54) is 0 Å². The van der Waals surface area contributed by atoms with Gasteiger partial charge in [-0.05, 0) is 30.3 Å². The van der Waals surface area contributed by atoms with Gasteiger partial charge in [-0.3, -0.25) is 9.36 Å². The molecule has 0 aliphatic heterocycles. The summed E-state index contributed by atoms with van der Waals surface area (Å²) in [4.78, 5) is 16.5. The van der Waals surface area contributed by atoms with E-state index in [-0.39, 0.29) is 5.56 Å². The van der Waals surface area contributed by atoms with Gasteiger partial charge in [0, 0.05) is 5.02 Å². The smallest absolute Gasteiger partial charge is 0.261 e. The van der Waals surface area contributed by atoms with Gasteiger partial charge in [0.05, 0.1) is 23.8 Å². The van der Waals surface area contributed by atoms with Crippen LogP contribution in [0.15, 0.2) is 59.7 Å². The second-order valence-electron chi connectivity index (χ2n) is 4.57. The zero-order valence-corrected chi connectivity index (χ0v) is 12.0. The number of para-hydroxylation sites is 1. The van der Waals surface area contributed by atoms with Crippen molar-refractivity contribution in [1.82, 2.24) is 9.55 Å². The molecule has 0 aliphatic carbocycles. The Hall–Kier alpha value is -2.33. The van der Waals surface area contributed by atoms with Crippen LogP contribution in [0.3, 0.4) is 0 Å². The molecule has 0 radical (unpaired) electrons. The molecular weight excluding hydrogens is 288 g/mol. The zero-order valence-electron chi connectivity index (χ0n) is 11.2. The standard InChI is InChI=1S/C16H13ClN2O2/c17-12-4-3-5-13(10-12)21-9-8-19-11-18-15-7-2-1-6-14(15)16(19)20/h1-7,10-11H,8-9H2. The molecule has 3 aromatic rings. The van der Waals surface area contributed by atoms with Crippen molar-refractivity contribution in [3.63, 3.8) is 0 Å². The number of hydrogen-bond donors (Lipinski definition) is 0. The summed E-state index contributed by atoms with van der Waals surface area (Å²) in [5.41, 5.74) is 0.643. The molecule has 21 heavy (non-hydrogen) atoms. The second kappa shape index (κ2) is 5.97. The molecule has 1 aromatic heterocycles. The highest BCUT2D eigenvalue weighted by Gasteiger charge is 2.03. The highest BCUT2D eigenvalue weighted by Crippen LogP contribution is 2.16. The summed E-state index contributed by atoms with van der Waals surface area (Å²) in [6, 6.07) is 14.5. The van der Waals surface area contributed by atoms with Crippen molar-refractivity contribution < 1.29 is 4.74 Å². The third kappa shape index (κ3) is 3.06. The largest absolute Gasteiger partial charge is 0.492 e. The van der Waals surface area contributed by atoms with E-state index in [9.17, 15) is 4.79 Å². The maximum atomic E-state index is 12.3. The monoisotopic (exact) mass is 300 g/mol. The van der Waals surface area contributed by atoms with Crippen LogP contribution in [0.1, 0.15) is 0 Å². The number of aromatic nitrogens is 2. The molecule has 0 amide bonds. The van der Waals surface area contributed by atoms with Gasteiger partial charge < -0.3 is 4.74 Å². The first kappa shape index (κ1) is 13.6. The lowest BCUT2D eigenvalue weighted by atomic mass is 10.2. The maximum Gasteiger partial charge on any atom is 0.261 e. The summed E-state index contributed by atoms with van der Waals surface area (Å²) in [7, 11) is 0. The first-order valence-electron chi connectivity index (χ1n) is 6.56. The molecule has 0 saturated carbocycles. The van der Waals surface area contributed by atoms with E-state index in [1.807, 2.05) is 30.3 Å². The number of halogens is 1. The molecule has 0 unspecified atom stereocenters. The predicted octanol–water partition coefficient (Wildman–Crippen LogP) is 3.13. The van der Waals surface area contributed by atoms with Gasteiger partial charge in [-0.15, -0.1) is 0 Å². The van der Waals surface area contributed by atoms with Crippen molar-refractivity contribution in [2.75, 3.05) is 6.61 Å². The van der Waals surface area contributed by atoms with E-state index in [2.05, 4.69) is 4.98 Å². The summed E-state index contributed by atoms with van der Waals surface area (Å²) >= 11 is 5.89. The Morgan fingerprint density at radius 2 is 2.00 bits per heavy atom. The minimum Gasteiger partial charge on any atom is -0.492 e. The average Bonchev–Trinajstić information content (AvgIpc) is 2.50. The van der Waals surface area contributed by atoms with Crippen LogP contribution >= 0.6 is 11.6 Å². The number of nitrogens with zero attached hydrogens (tertiary/aromatic N) is 2. The lowest BCUT2D eigenvalue weighted by Gasteiger charge is -2.09. The molecule has 0 atom stereocenters. The lowest BCUT2D eigenvalue weighted by molar-refractivity contribution is 0.296. The van der Waals surface area contributed by atoms with Crippen molar-refractivity contribution in [2.24, 2.45) is 0 Å². The molecule has 5 heteroatoms. The third-order valence-electron chi connectivity index (χ3n) is 3.13. The quantitative estimate of drug-likeness (QED) is 0.743. The minimum absolute atomic E-state index is 0.0599. The van der Waals surface area contributed by atoms with Crippen LogP contribution < -0.4 is 10.3 Å². The summed E-state index contributed by atoms with van der Waals surface area (Å²) in [5, 5.41) is 1.24. The Bertz CT molecular complexity index is 830. The van der Waals surface area contributed by atoms with Gasteiger partial charge in [-0.1, -0.05) is 29.8 Å². The van der Waals surface area contributed by atoms with Crippen LogP contribution in [0.2, 0.25) is 5.02 Å². The number of rotatable bonds is 4. The molecule has 0 aliphatic rings. The molecule has 106 valence electrons. The summed E-state index contributed by atoms with van der Waals surface area (Å²) < 4.78 is 7.13. The highest BCUT2D eigenvalue weighted by molar-refractivity contribution is 6.30. The van der Waals surface area contributed by atoms with Crippen LogP contribution in [0, 0.1) is 0 Å². The van der Waals surface area contributed by atoms with Crippen LogP contribution in [-0.4, -0.2) is 16.2 Å². The molecule has 0 fully saturated rings. The number of fused-ring (bicyclic) bond motifs is 1. The zero-order chi connectivity index (χ0) is 14.7. The number of hydrogen-bond acceptors (Lipinski definition) is 3. The summed E-state index contributed by atoms with van der Waals surface area (Å²) in [5.74, 6) is 0.685. The van der Waals surface area contributed by atoms with Crippen molar-refractivity contribution >= 4 is 22.5 Å². The fourth-order valence-corrected chi connectivity index (χ4v) is 2.26. The average molecular weight is 301 g/mol. The molecule has 0 bridgehead atoms. The fraction of sp³-hybridized carbons (Fsp3) is 0.125.